The summed E-state index contributed by atoms with van der Waals surface area (Å²) >= 11 is 0. The second-order valence-corrected chi connectivity index (χ2v) is 3.76. The predicted molar refractivity (Wildman–Crippen MR) is 60.5 cm³/mol. The number of hydrogen-bond acceptors (Lipinski definition) is 1. The average molecular weight is 181 g/mol. The van der Waals surface area contributed by atoms with Gasteiger partial charge in [0.15, 0.2) is 0 Å². The quantitative estimate of drug-likeness (QED) is 0.569. The summed E-state index contributed by atoms with van der Waals surface area (Å²) in [6.45, 7) is 6.63. The first kappa shape index (κ1) is 12.4. The third-order valence-corrected chi connectivity index (χ3v) is 2.43. The minimum absolute atomic E-state index is 0.779. The molecule has 0 rings (SSSR count). The number of nitrogens with one attached hydrogen (secondary N) is 1. The summed E-state index contributed by atoms with van der Waals surface area (Å²) in [5, 5.41) is 7.15. The fourth-order valence-corrected chi connectivity index (χ4v) is 1.33. The van der Waals surface area contributed by atoms with Crippen LogP contribution in [0.4, 0.5) is 0 Å². The van der Waals surface area contributed by atoms with Gasteiger partial charge in [-0.3, -0.25) is 0 Å². The lowest BCUT2D eigenvalue weighted by Crippen LogP contribution is -1.93. The third kappa shape index (κ3) is 6.56. The molecule has 0 aromatic heterocycles. The Morgan fingerprint density at radius 3 is 2.54 bits per heavy atom. The molecule has 1 N–H and O–H groups in total. The van der Waals surface area contributed by atoms with Gasteiger partial charge in [-0.25, -0.2) is 0 Å². The molecule has 0 heterocycles. The van der Waals surface area contributed by atoms with Crippen LogP contribution in [0, 0.1) is 11.3 Å². The van der Waals surface area contributed by atoms with Crippen molar-refractivity contribution in [2.24, 2.45) is 5.92 Å². The second kappa shape index (κ2) is 8.03. The van der Waals surface area contributed by atoms with Crippen molar-refractivity contribution in [1.82, 2.24) is 0 Å². The molecule has 0 fully saturated rings. The molecule has 0 spiro atoms. The Hall–Kier alpha value is -0.590. The molecule has 1 heteroatoms. The van der Waals surface area contributed by atoms with Gasteiger partial charge in [-0.05, 0) is 24.3 Å². The van der Waals surface area contributed by atoms with Crippen LogP contribution in [0.15, 0.2) is 11.6 Å². The first-order chi connectivity index (χ1) is 6.24. The molecule has 76 valence electrons. The van der Waals surface area contributed by atoms with Crippen LogP contribution in [-0.2, 0) is 0 Å². The van der Waals surface area contributed by atoms with Crippen LogP contribution in [0.2, 0.25) is 0 Å². The lowest BCUT2D eigenvalue weighted by Gasteiger charge is -2.07. The summed E-state index contributed by atoms with van der Waals surface area (Å²) in [4.78, 5) is 0. The smallest absolute Gasteiger partial charge is 0.0206 e. The van der Waals surface area contributed by atoms with Crippen molar-refractivity contribution in [2.45, 2.75) is 52.9 Å². The van der Waals surface area contributed by atoms with Crippen LogP contribution in [0.3, 0.4) is 0 Å². The highest BCUT2D eigenvalue weighted by Crippen LogP contribution is 2.13. The van der Waals surface area contributed by atoms with Gasteiger partial charge in [0.05, 0.1) is 0 Å². The first-order valence-electron chi connectivity index (χ1n) is 5.44. The third-order valence-electron chi connectivity index (χ3n) is 2.43. The molecule has 0 aromatic carbocycles. The summed E-state index contributed by atoms with van der Waals surface area (Å²) in [5.41, 5.74) is 1.17. The van der Waals surface area contributed by atoms with E-state index in [1.165, 1.54) is 31.1 Å². The van der Waals surface area contributed by atoms with Crippen LogP contribution in [0.5, 0.6) is 0 Å². The largest absolute Gasteiger partial charge is 0.308 e. The van der Waals surface area contributed by atoms with E-state index < -0.39 is 0 Å². The van der Waals surface area contributed by atoms with Crippen LogP contribution in [0.25, 0.3) is 0 Å². The molecule has 13 heavy (non-hydrogen) atoms. The van der Waals surface area contributed by atoms with E-state index in [0.29, 0.717) is 0 Å². The van der Waals surface area contributed by atoms with E-state index in [0.717, 1.165) is 18.8 Å². The van der Waals surface area contributed by atoms with Crippen molar-refractivity contribution in [3.05, 3.63) is 11.6 Å². The molecule has 0 aliphatic rings. The Balaban J connectivity index is 3.71. The fourth-order valence-electron chi connectivity index (χ4n) is 1.33. The zero-order valence-electron chi connectivity index (χ0n) is 9.27. The minimum Gasteiger partial charge on any atom is -0.308 e. The number of unbranched alkanes of at least 4 members (excludes halogenated alkanes) is 1. The molecule has 0 amide bonds. The molecule has 0 saturated heterocycles. The van der Waals surface area contributed by atoms with Crippen molar-refractivity contribution in [2.75, 3.05) is 0 Å². The molecule has 0 bridgehead atoms. The minimum atomic E-state index is 0.779. The van der Waals surface area contributed by atoms with Crippen LogP contribution in [0.1, 0.15) is 52.9 Å². The van der Waals surface area contributed by atoms with Gasteiger partial charge in [-0.15, -0.1) is 0 Å². The number of allylic oxidation sites excluding steroid dienone is 2. The molecular weight excluding hydrogens is 158 g/mol. The fraction of sp³-hybridized carbons (Fsp3) is 0.750. The van der Waals surface area contributed by atoms with E-state index >= 15 is 0 Å². The van der Waals surface area contributed by atoms with Crippen molar-refractivity contribution in [3.8, 4) is 0 Å². The molecule has 1 atom stereocenters. The highest BCUT2D eigenvalue weighted by Gasteiger charge is 1.99. The van der Waals surface area contributed by atoms with Gasteiger partial charge in [-0.2, -0.15) is 0 Å². The molecular formula is C12H23N. The highest BCUT2D eigenvalue weighted by atomic mass is 14.3. The summed E-state index contributed by atoms with van der Waals surface area (Å²) < 4.78 is 0. The van der Waals surface area contributed by atoms with E-state index in [2.05, 4.69) is 26.8 Å². The first-order valence-corrected chi connectivity index (χ1v) is 5.44. The molecule has 0 aliphatic heterocycles. The standard InChI is InChI=1S/C12H23N/c1-4-6-7-11(3)8-9-12(5-2)10-13/h9-11,13H,4-8H2,1-3H3/b12-9-,13-10?/t11-/m0/s1. The number of rotatable bonds is 7. The van der Waals surface area contributed by atoms with E-state index in [4.69, 9.17) is 5.41 Å². The van der Waals surface area contributed by atoms with Gasteiger partial charge in [0.25, 0.3) is 0 Å². The van der Waals surface area contributed by atoms with E-state index in [9.17, 15) is 0 Å². The van der Waals surface area contributed by atoms with Crippen molar-refractivity contribution in [3.63, 3.8) is 0 Å². The van der Waals surface area contributed by atoms with Gasteiger partial charge in [-0.1, -0.05) is 46.1 Å². The summed E-state index contributed by atoms with van der Waals surface area (Å²) in [7, 11) is 0. The maximum Gasteiger partial charge on any atom is 0.0206 e. The zero-order valence-corrected chi connectivity index (χ0v) is 9.27. The van der Waals surface area contributed by atoms with E-state index in [1.54, 1.807) is 0 Å². The predicted octanol–water partition coefficient (Wildman–Crippen LogP) is 4.19. The lowest BCUT2D eigenvalue weighted by atomic mass is 9.99. The molecule has 1 nitrogen and oxygen atoms in total. The SMILES string of the molecule is CCCC[C@H](C)C/C=C(\C=N)CC. The Kier molecular flexibility index (Phi) is 7.66. The van der Waals surface area contributed by atoms with Crippen LogP contribution >= 0.6 is 0 Å². The number of hydrogen-bond donors (Lipinski definition) is 1. The van der Waals surface area contributed by atoms with Crippen molar-refractivity contribution in [1.29, 1.82) is 5.41 Å². The summed E-state index contributed by atoms with van der Waals surface area (Å²) in [5.74, 6) is 0.779. The maximum atomic E-state index is 7.15. The second-order valence-electron chi connectivity index (χ2n) is 3.76. The van der Waals surface area contributed by atoms with Crippen LogP contribution < -0.4 is 0 Å². The van der Waals surface area contributed by atoms with Crippen LogP contribution in [-0.4, -0.2) is 6.21 Å². The highest BCUT2D eigenvalue weighted by molar-refractivity contribution is 5.75. The topological polar surface area (TPSA) is 23.9 Å². The Morgan fingerprint density at radius 2 is 2.08 bits per heavy atom. The maximum absolute atomic E-state index is 7.15. The summed E-state index contributed by atoms with van der Waals surface area (Å²) in [6.07, 6.45) is 9.77. The molecule has 0 aliphatic carbocycles. The van der Waals surface area contributed by atoms with E-state index in [-0.39, 0.29) is 0 Å². The lowest BCUT2D eigenvalue weighted by molar-refractivity contribution is 0.511. The molecule has 0 aromatic rings. The zero-order chi connectivity index (χ0) is 10.1. The normalized spacial score (nSPS) is 14.2. The Bertz CT molecular complexity index is 159. The van der Waals surface area contributed by atoms with Crippen molar-refractivity contribution < 1.29 is 0 Å². The summed E-state index contributed by atoms with van der Waals surface area (Å²) in [6, 6.07) is 0. The molecule has 0 radical (unpaired) electrons. The van der Waals surface area contributed by atoms with Gasteiger partial charge in [0.1, 0.15) is 0 Å². The Labute approximate surface area is 82.7 Å². The van der Waals surface area contributed by atoms with Crippen molar-refractivity contribution >= 4 is 6.21 Å². The van der Waals surface area contributed by atoms with E-state index in [1.807, 2.05) is 0 Å². The Morgan fingerprint density at radius 1 is 1.38 bits per heavy atom. The van der Waals surface area contributed by atoms with Gasteiger partial charge in [0, 0.05) is 6.21 Å². The molecule has 0 saturated carbocycles. The van der Waals surface area contributed by atoms with Gasteiger partial charge in [0.2, 0.25) is 0 Å². The average Bonchev–Trinajstić information content (AvgIpc) is 2.16. The van der Waals surface area contributed by atoms with Gasteiger partial charge >= 0.3 is 0 Å². The van der Waals surface area contributed by atoms with Gasteiger partial charge < -0.3 is 5.41 Å². The molecule has 0 unspecified atom stereocenters. The monoisotopic (exact) mass is 181 g/mol.